The van der Waals surface area contributed by atoms with Crippen molar-refractivity contribution in [1.29, 1.82) is 0 Å². The van der Waals surface area contributed by atoms with Crippen molar-refractivity contribution >= 4 is 0 Å². The summed E-state index contributed by atoms with van der Waals surface area (Å²) in [5.74, 6) is 2.15. The molecule has 0 unspecified atom stereocenters. The van der Waals surface area contributed by atoms with Crippen LogP contribution in [0.3, 0.4) is 0 Å². The highest BCUT2D eigenvalue weighted by Crippen LogP contribution is 2.25. The predicted molar refractivity (Wildman–Crippen MR) is 80.0 cm³/mol. The number of benzene rings is 1. The van der Waals surface area contributed by atoms with Crippen LogP contribution < -0.4 is 0 Å². The Kier molecular flexibility index (Phi) is 4.65. The number of nitrogens with zero attached hydrogens (tertiary/aromatic N) is 2. The molecule has 0 saturated carbocycles. The summed E-state index contributed by atoms with van der Waals surface area (Å²) >= 11 is 0. The van der Waals surface area contributed by atoms with Crippen molar-refractivity contribution in [3.63, 3.8) is 0 Å². The molecule has 2 aromatic rings. The van der Waals surface area contributed by atoms with Crippen LogP contribution in [0.4, 0.5) is 0 Å². The van der Waals surface area contributed by atoms with E-state index in [1.54, 1.807) is 0 Å². The zero-order valence-corrected chi connectivity index (χ0v) is 12.5. The minimum atomic E-state index is 0.399. The molecule has 21 heavy (non-hydrogen) atoms. The number of rotatable bonds is 5. The molecular formula is C17H22N2O2. The molecule has 1 aromatic carbocycles. The molecule has 1 saturated heterocycles. The molecule has 3 rings (SSSR count). The second kappa shape index (κ2) is 6.85. The van der Waals surface area contributed by atoms with Gasteiger partial charge in [-0.25, -0.2) is 0 Å². The summed E-state index contributed by atoms with van der Waals surface area (Å²) in [6.45, 7) is 3.03. The van der Waals surface area contributed by atoms with Crippen molar-refractivity contribution in [2.75, 3.05) is 6.61 Å². The maximum absolute atomic E-state index is 5.71. The van der Waals surface area contributed by atoms with Gasteiger partial charge in [-0.05, 0) is 30.7 Å². The second-order valence-corrected chi connectivity index (χ2v) is 5.76. The fraction of sp³-hybridized carbons (Fsp3) is 0.529. The van der Waals surface area contributed by atoms with Crippen molar-refractivity contribution in [3.8, 4) is 0 Å². The Bertz CT molecular complexity index is 553. The molecule has 0 radical (unpaired) electrons. The zero-order chi connectivity index (χ0) is 14.5. The lowest BCUT2D eigenvalue weighted by Gasteiger charge is -2.27. The molecule has 0 amide bonds. The third kappa shape index (κ3) is 3.91. The minimum absolute atomic E-state index is 0.399. The highest BCUT2D eigenvalue weighted by molar-refractivity contribution is 5.18. The van der Waals surface area contributed by atoms with Gasteiger partial charge in [0.25, 0.3) is 0 Å². The molecule has 2 atom stereocenters. The van der Waals surface area contributed by atoms with Gasteiger partial charge < -0.3 is 9.26 Å². The third-order valence-corrected chi connectivity index (χ3v) is 4.11. The average molecular weight is 286 g/mol. The Hall–Kier alpha value is -1.68. The summed E-state index contributed by atoms with van der Waals surface area (Å²) in [5.41, 5.74) is 1.21. The van der Waals surface area contributed by atoms with E-state index in [-0.39, 0.29) is 0 Å². The number of hydrogen-bond donors (Lipinski definition) is 0. The van der Waals surface area contributed by atoms with E-state index < -0.39 is 0 Å². The van der Waals surface area contributed by atoms with Crippen LogP contribution >= 0.6 is 0 Å². The molecule has 112 valence electrons. The lowest BCUT2D eigenvalue weighted by Crippen LogP contribution is -2.26. The van der Waals surface area contributed by atoms with Crippen LogP contribution in [0.2, 0.25) is 0 Å². The number of ether oxygens (including phenoxy) is 1. The highest BCUT2D eigenvalue weighted by Gasteiger charge is 2.23. The fourth-order valence-electron chi connectivity index (χ4n) is 2.90. The molecule has 0 N–H and O–H groups in total. The number of aromatic nitrogens is 2. The maximum atomic E-state index is 5.71. The van der Waals surface area contributed by atoms with Crippen LogP contribution in [0, 0.1) is 5.92 Å². The first kappa shape index (κ1) is 14.3. The SMILES string of the molecule is CC[C@@H]1C[C@H](Cc2nc(Cc3ccccc3)no2)CCO1. The Labute approximate surface area is 125 Å². The topological polar surface area (TPSA) is 48.2 Å². The molecule has 4 heteroatoms. The standard InChI is InChI=1S/C17H22N2O2/c1-2-15-10-14(8-9-20-15)12-17-18-16(19-21-17)11-13-6-4-3-5-7-13/h3-7,14-15H,2,8-12H2,1H3/t14-,15-/m1/s1. The van der Waals surface area contributed by atoms with Gasteiger partial charge in [0.15, 0.2) is 5.82 Å². The molecule has 1 aliphatic rings. The summed E-state index contributed by atoms with van der Waals surface area (Å²) in [5, 5.41) is 4.10. The van der Waals surface area contributed by atoms with Gasteiger partial charge in [0.05, 0.1) is 6.10 Å². The van der Waals surface area contributed by atoms with Crippen LogP contribution in [-0.4, -0.2) is 22.9 Å². The zero-order valence-electron chi connectivity index (χ0n) is 12.5. The van der Waals surface area contributed by atoms with Gasteiger partial charge in [0.1, 0.15) is 0 Å². The van der Waals surface area contributed by atoms with Gasteiger partial charge in [0.2, 0.25) is 5.89 Å². The minimum Gasteiger partial charge on any atom is -0.378 e. The average Bonchev–Trinajstić information content (AvgIpc) is 2.95. The Morgan fingerprint density at radius 1 is 1.24 bits per heavy atom. The molecule has 0 bridgehead atoms. The van der Waals surface area contributed by atoms with Crippen molar-refractivity contribution in [2.45, 2.75) is 45.1 Å². The quantitative estimate of drug-likeness (QED) is 0.845. The molecule has 1 aromatic heterocycles. The molecule has 4 nitrogen and oxygen atoms in total. The van der Waals surface area contributed by atoms with Crippen LogP contribution in [-0.2, 0) is 17.6 Å². The third-order valence-electron chi connectivity index (χ3n) is 4.11. The molecule has 1 aliphatic heterocycles. The Balaban J connectivity index is 1.57. The Morgan fingerprint density at radius 2 is 2.10 bits per heavy atom. The van der Waals surface area contributed by atoms with Crippen LogP contribution in [0.5, 0.6) is 0 Å². The highest BCUT2D eigenvalue weighted by atomic mass is 16.5. The predicted octanol–water partition coefficient (Wildman–Crippen LogP) is 3.41. The lowest BCUT2D eigenvalue weighted by atomic mass is 9.91. The number of hydrogen-bond acceptors (Lipinski definition) is 4. The van der Waals surface area contributed by atoms with Gasteiger partial charge in [-0.1, -0.05) is 42.4 Å². The van der Waals surface area contributed by atoms with Gasteiger partial charge in [0, 0.05) is 19.4 Å². The lowest BCUT2D eigenvalue weighted by molar-refractivity contribution is -0.0115. The largest absolute Gasteiger partial charge is 0.378 e. The Morgan fingerprint density at radius 3 is 2.90 bits per heavy atom. The maximum Gasteiger partial charge on any atom is 0.226 e. The monoisotopic (exact) mass is 286 g/mol. The van der Waals surface area contributed by atoms with Crippen LogP contribution in [0.15, 0.2) is 34.9 Å². The van der Waals surface area contributed by atoms with Crippen LogP contribution in [0.1, 0.15) is 43.5 Å². The molecule has 1 fully saturated rings. The van der Waals surface area contributed by atoms with Crippen LogP contribution in [0.25, 0.3) is 0 Å². The van der Waals surface area contributed by atoms with E-state index in [9.17, 15) is 0 Å². The van der Waals surface area contributed by atoms with Gasteiger partial charge in [-0.2, -0.15) is 4.98 Å². The van der Waals surface area contributed by atoms with E-state index in [2.05, 4.69) is 29.2 Å². The molecular weight excluding hydrogens is 264 g/mol. The van der Waals surface area contributed by atoms with E-state index >= 15 is 0 Å². The molecule has 0 aliphatic carbocycles. The summed E-state index contributed by atoms with van der Waals surface area (Å²) in [7, 11) is 0. The summed E-state index contributed by atoms with van der Waals surface area (Å²) in [6.07, 6.45) is 5.28. The van der Waals surface area contributed by atoms with E-state index in [0.29, 0.717) is 12.0 Å². The van der Waals surface area contributed by atoms with Crippen molar-refractivity contribution in [2.24, 2.45) is 5.92 Å². The summed E-state index contributed by atoms with van der Waals surface area (Å²) in [6, 6.07) is 10.2. The van der Waals surface area contributed by atoms with Crippen molar-refractivity contribution < 1.29 is 9.26 Å². The van der Waals surface area contributed by atoms with Gasteiger partial charge in [-0.15, -0.1) is 0 Å². The first-order valence-electron chi connectivity index (χ1n) is 7.80. The second-order valence-electron chi connectivity index (χ2n) is 5.76. The van der Waals surface area contributed by atoms with E-state index in [4.69, 9.17) is 9.26 Å². The smallest absolute Gasteiger partial charge is 0.226 e. The fourth-order valence-corrected chi connectivity index (χ4v) is 2.90. The van der Waals surface area contributed by atoms with Crippen molar-refractivity contribution in [3.05, 3.63) is 47.6 Å². The normalized spacial score (nSPS) is 22.3. The molecule has 2 heterocycles. The van der Waals surface area contributed by atoms with Gasteiger partial charge in [-0.3, -0.25) is 0 Å². The summed E-state index contributed by atoms with van der Waals surface area (Å²) in [4.78, 5) is 4.53. The van der Waals surface area contributed by atoms with E-state index in [1.165, 1.54) is 5.56 Å². The first-order valence-corrected chi connectivity index (χ1v) is 7.80. The first-order chi connectivity index (χ1) is 10.3. The van der Waals surface area contributed by atoms with E-state index in [1.807, 2.05) is 18.2 Å². The van der Waals surface area contributed by atoms with E-state index in [0.717, 1.165) is 50.4 Å². The molecule has 0 spiro atoms. The summed E-state index contributed by atoms with van der Waals surface area (Å²) < 4.78 is 11.1. The van der Waals surface area contributed by atoms with Gasteiger partial charge >= 0.3 is 0 Å². The van der Waals surface area contributed by atoms with Crippen molar-refractivity contribution in [1.82, 2.24) is 10.1 Å².